The lowest BCUT2D eigenvalue weighted by Crippen LogP contribution is -2.48. The molecule has 2 rings (SSSR count). The zero-order chi connectivity index (χ0) is 14.7. The van der Waals surface area contributed by atoms with Crippen LogP contribution in [0.15, 0.2) is 18.2 Å². The van der Waals surface area contributed by atoms with E-state index >= 15 is 0 Å². The minimum atomic E-state index is -1.64. The fourth-order valence-corrected chi connectivity index (χ4v) is 2.63. The SMILES string of the molecule is CCC1COC(C)CN1Cc1cc(F)cc(B(O)O)c1. The highest BCUT2D eigenvalue weighted by molar-refractivity contribution is 6.58. The van der Waals surface area contributed by atoms with E-state index in [4.69, 9.17) is 4.74 Å². The zero-order valence-electron chi connectivity index (χ0n) is 11.9. The molecule has 0 amide bonds. The van der Waals surface area contributed by atoms with E-state index in [2.05, 4.69) is 11.8 Å². The lowest BCUT2D eigenvalue weighted by Gasteiger charge is -2.38. The van der Waals surface area contributed by atoms with Gasteiger partial charge in [-0.3, -0.25) is 4.90 Å². The van der Waals surface area contributed by atoms with Gasteiger partial charge in [0.05, 0.1) is 12.7 Å². The lowest BCUT2D eigenvalue weighted by molar-refractivity contribution is -0.0592. The van der Waals surface area contributed by atoms with E-state index in [-0.39, 0.29) is 11.6 Å². The van der Waals surface area contributed by atoms with Gasteiger partial charge in [0.2, 0.25) is 0 Å². The van der Waals surface area contributed by atoms with E-state index in [1.807, 2.05) is 6.92 Å². The van der Waals surface area contributed by atoms with Gasteiger partial charge >= 0.3 is 7.12 Å². The molecule has 1 aromatic rings. The molecule has 1 heterocycles. The van der Waals surface area contributed by atoms with Crippen LogP contribution in [-0.2, 0) is 11.3 Å². The Balaban J connectivity index is 2.15. The fraction of sp³-hybridized carbons (Fsp3) is 0.571. The number of morpholine rings is 1. The Morgan fingerprint density at radius 1 is 1.40 bits per heavy atom. The molecule has 0 saturated carbocycles. The van der Waals surface area contributed by atoms with Crippen LogP contribution in [0.5, 0.6) is 0 Å². The average molecular weight is 281 g/mol. The number of halogens is 1. The number of nitrogens with zero attached hydrogens (tertiary/aromatic N) is 1. The van der Waals surface area contributed by atoms with Crippen molar-refractivity contribution in [2.45, 2.75) is 39.0 Å². The van der Waals surface area contributed by atoms with E-state index in [0.717, 1.165) is 24.6 Å². The molecular formula is C14H21BFNO3. The van der Waals surface area contributed by atoms with E-state index in [1.165, 1.54) is 6.07 Å². The second-order valence-corrected chi connectivity index (χ2v) is 5.40. The summed E-state index contributed by atoms with van der Waals surface area (Å²) in [5, 5.41) is 18.3. The molecular weight excluding hydrogens is 260 g/mol. The van der Waals surface area contributed by atoms with Crippen molar-refractivity contribution in [3.05, 3.63) is 29.6 Å². The van der Waals surface area contributed by atoms with Gasteiger partial charge in [-0.1, -0.05) is 13.0 Å². The van der Waals surface area contributed by atoms with Gasteiger partial charge < -0.3 is 14.8 Å². The molecule has 0 bridgehead atoms. The molecule has 2 unspecified atom stereocenters. The molecule has 20 heavy (non-hydrogen) atoms. The maximum atomic E-state index is 13.5. The molecule has 0 radical (unpaired) electrons. The van der Waals surface area contributed by atoms with Crippen molar-refractivity contribution < 1.29 is 19.2 Å². The third kappa shape index (κ3) is 3.79. The summed E-state index contributed by atoms with van der Waals surface area (Å²) in [5.74, 6) is -0.444. The monoisotopic (exact) mass is 281 g/mol. The highest BCUT2D eigenvalue weighted by Crippen LogP contribution is 2.17. The molecule has 110 valence electrons. The van der Waals surface area contributed by atoms with Crippen LogP contribution in [0.25, 0.3) is 0 Å². The minimum absolute atomic E-state index is 0.161. The van der Waals surface area contributed by atoms with E-state index < -0.39 is 12.9 Å². The van der Waals surface area contributed by atoms with Gasteiger partial charge in [0.15, 0.2) is 0 Å². The largest absolute Gasteiger partial charge is 0.488 e. The van der Waals surface area contributed by atoms with Crippen LogP contribution < -0.4 is 5.46 Å². The van der Waals surface area contributed by atoms with Crippen LogP contribution in [0.4, 0.5) is 4.39 Å². The third-order valence-corrected chi connectivity index (χ3v) is 3.72. The Labute approximate surface area is 119 Å². The fourth-order valence-electron chi connectivity index (χ4n) is 2.63. The summed E-state index contributed by atoms with van der Waals surface area (Å²) in [4.78, 5) is 2.26. The number of hydrogen-bond donors (Lipinski definition) is 2. The van der Waals surface area contributed by atoms with Crippen molar-refractivity contribution >= 4 is 12.6 Å². The van der Waals surface area contributed by atoms with Gasteiger partial charge in [-0.05, 0) is 36.5 Å². The molecule has 2 atom stereocenters. The number of rotatable bonds is 4. The van der Waals surface area contributed by atoms with Crippen LogP contribution in [0.3, 0.4) is 0 Å². The van der Waals surface area contributed by atoms with Crippen LogP contribution in [0.2, 0.25) is 0 Å². The highest BCUT2D eigenvalue weighted by atomic mass is 19.1. The minimum Gasteiger partial charge on any atom is -0.423 e. The number of ether oxygens (including phenoxy) is 1. The quantitative estimate of drug-likeness (QED) is 0.789. The van der Waals surface area contributed by atoms with Crippen LogP contribution >= 0.6 is 0 Å². The van der Waals surface area contributed by atoms with Gasteiger partial charge in [-0.25, -0.2) is 4.39 Å². The summed E-state index contributed by atoms with van der Waals surface area (Å²) in [7, 11) is -1.64. The standard InChI is InChI=1S/C14H21BFNO3/c1-3-14-9-20-10(2)7-17(14)8-11-4-12(15(18)19)6-13(16)5-11/h4-6,10,14,18-19H,3,7-9H2,1-2H3. The molecule has 1 saturated heterocycles. The van der Waals surface area contributed by atoms with Crippen LogP contribution in [0, 0.1) is 5.82 Å². The van der Waals surface area contributed by atoms with Gasteiger partial charge in [-0.2, -0.15) is 0 Å². The van der Waals surface area contributed by atoms with Crippen molar-refractivity contribution in [3.8, 4) is 0 Å². The first-order chi connectivity index (χ1) is 9.49. The average Bonchev–Trinajstić information content (AvgIpc) is 2.38. The van der Waals surface area contributed by atoms with E-state index in [9.17, 15) is 14.4 Å². The molecule has 1 fully saturated rings. The van der Waals surface area contributed by atoms with E-state index in [1.54, 1.807) is 6.07 Å². The summed E-state index contributed by atoms with van der Waals surface area (Å²) in [5.41, 5.74) is 0.940. The molecule has 6 heteroatoms. The Morgan fingerprint density at radius 3 is 2.80 bits per heavy atom. The first kappa shape index (κ1) is 15.4. The third-order valence-electron chi connectivity index (χ3n) is 3.72. The van der Waals surface area contributed by atoms with Gasteiger partial charge in [0.25, 0.3) is 0 Å². The Hall–Kier alpha value is -0.945. The Kier molecular flexibility index (Phi) is 5.15. The van der Waals surface area contributed by atoms with Crippen molar-refractivity contribution in [1.29, 1.82) is 0 Å². The molecule has 4 nitrogen and oxygen atoms in total. The molecule has 0 spiro atoms. The first-order valence-corrected chi connectivity index (χ1v) is 7.00. The Morgan fingerprint density at radius 2 is 2.15 bits per heavy atom. The summed E-state index contributed by atoms with van der Waals surface area (Å²) >= 11 is 0. The van der Waals surface area contributed by atoms with Crippen molar-refractivity contribution in [3.63, 3.8) is 0 Å². The molecule has 1 aliphatic rings. The predicted octanol–water partition coefficient (Wildman–Crippen LogP) is 0.505. The normalized spacial score (nSPS) is 23.9. The maximum Gasteiger partial charge on any atom is 0.488 e. The molecule has 2 N–H and O–H groups in total. The maximum absolute atomic E-state index is 13.5. The van der Waals surface area contributed by atoms with Gasteiger partial charge in [0, 0.05) is 19.1 Å². The lowest BCUT2D eigenvalue weighted by atomic mass is 9.79. The molecule has 1 aliphatic heterocycles. The molecule has 0 aromatic heterocycles. The van der Waals surface area contributed by atoms with Crippen molar-refractivity contribution in [2.24, 2.45) is 0 Å². The zero-order valence-corrected chi connectivity index (χ0v) is 11.9. The van der Waals surface area contributed by atoms with Crippen LogP contribution in [-0.4, -0.2) is 47.4 Å². The Bertz CT molecular complexity index is 458. The molecule has 0 aliphatic carbocycles. The molecule has 1 aromatic carbocycles. The number of hydrogen-bond acceptors (Lipinski definition) is 4. The topological polar surface area (TPSA) is 52.9 Å². The smallest absolute Gasteiger partial charge is 0.423 e. The van der Waals surface area contributed by atoms with Gasteiger partial charge in [-0.15, -0.1) is 0 Å². The van der Waals surface area contributed by atoms with Gasteiger partial charge in [0.1, 0.15) is 5.82 Å². The first-order valence-electron chi connectivity index (χ1n) is 7.00. The van der Waals surface area contributed by atoms with Crippen LogP contribution in [0.1, 0.15) is 25.8 Å². The summed E-state index contributed by atoms with van der Waals surface area (Å²) < 4.78 is 19.2. The second-order valence-electron chi connectivity index (χ2n) is 5.40. The van der Waals surface area contributed by atoms with Crippen molar-refractivity contribution in [2.75, 3.05) is 13.2 Å². The summed E-state index contributed by atoms with van der Waals surface area (Å²) in [6.07, 6.45) is 1.13. The van der Waals surface area contributed by atoms with Crippen molar-refractivity contribution in [1.82, 2.24) is 4.90 Å². The summed E-state index contributed by atoms with van der Waals surface area (Å²) in [6.45, 7) is 6.19. The summed E-state index contributed by atoms with van der Waals surface area (Å²) in [6, 6.07) is 4.55. The predicted molar refractivity (Wildman–Crippen MR) is 76.1 cm³/mol. The second kappa shape index (κ2) is 6.67. The van der Waals surface area contributed by atoms with E-state index in [0.29, 0.717) is 19.2 Å². The highest BCUT2D eigenvalue weighted by Gasteiger charge is 2.26. The number of benzene rings is 1.